The molecule has 384 valence electrons. The van der Waals surface area contributed by atoms with Gasteiger partial charge in [0.25, 0.3) is 0 Å². The van der Waals surface area contributed by atoms with Crippen LogP contribution in [-0.4, -0.2) is 79.9 Å². The highest BCUT2D eigenvalue weighted by molar-refractivity contribution is 5.70. The van der Waals surface area contributed by atoms with Gasteiger partial charge in [-0.15, -0.1) is 0 Å². The van der Waals surface area contributed by atoms with E-state index in [1.807, 2.05) is 4.90 Å². The van der Waals surface area contributed by atoms with Gasteiger partial charge in [0.15, 0.2) is 0 Å². The van der Waals surface area contributed by atoms with Gasteiger partial charge < -0.3 is 24.0 Å². The molecule has 0 aromatic carbocycles. The summed E-state index contributed by atoms with van der Waals surface area (Å²) in [5.74, 6) is -0.0134. The molecule has 0 saturated carbocycles. The molecule has 65 heavy (non-hydrogen) atoms. The summed E-state index contributed by atoms with van der Waals surface area (Å²) >= 11 is 0. The molecule has 0 aliphatic rings. The SMILES string of the molecule is CC/C=C\CCN(CCCN(C)C)C(=O)OC(CCCCCCCCC(=O)OC(CCCCCC)CCCCCC)CCCCCCCCC(=O)OC(CCCCCC)CCCCCC. The van der Waals surface area contributed by atoms with E-state index in [1.54, 1.807) is 0 Å². The number of carbonyl (C=O) groups is 3. The van der Waals surface area contributed by atoms with Crippen molar-refractivity contribution in [2.45, 2.75) is 303 Å². The van der Waals surface area contributed by atoms with E-state index in [2.05, 4.69) is 65.8 Å². The van der Waals surface area contributed by atoms with Crippen LogP contribution in [0.25, 0.3) is 0 Å². The molecule has 0 unspecified atom stereocenters. The maximum atomic E-state index is 13.7. The first-order chi connectivity index (χ1) is 31.7. The Kier molecular flexibility index (Phi) is 46.8. The molecule has 0 N–H and O–H groups in total. The molecular weight excluding hydrogens is 809 g/mol. The number of ether oxygens (including phenoxy) is 3. The fourth-order valence-electron chi connectivity index (χ4n) is 8.77. The monoisotopic (exact) mass is 919 g/mol. The molecule has 0 aromatic heterocycles. The number of hydrogen-bond donors (Lipinski definition) is 0. The van der Waals surface area contributed by atoms with Gasteiger partial charge >= 0.3 is 18.0 Å². The van der Waals surface area contributed by atoms with Crippen LogP contribution in [0.1, 0.15) is 285 Å². The molecule has 0 atom stereocenters. The van der Waals surface area contributed by atoms with Crippen molar-refractivity contribution in [2.75, 3.05) is 33.7 Å². The minimum Gasteiger partial charge on any atom is -0.462 e. The second kappa shape index (κ2) is 48.4. The molecule has 8 nitrogen and oxygen atoms in total. The van der Waals surface area contributed by atoms with E-state index < -0.39 is 0 Å². The first-order valence-corrected chi connectivity index (χ1v) is 28.3. The van der Waals surface area contributed by atoms with Crippen molar-refractivity contribution in [2.24, 2.45) is 0 Å². The smallest absolute Gasteiger partial charge is 0.410 e. The van der Waals surface area contributed by atoms with Gasteiger partial charge in [-0.2, -0.15) is 0 Å². The number of rotatable bonds is 49. The highest BCUT2D eigenvalue weighted by Gasteiger charge is 2.21. The van der Waals surface area contributed by atoms with Crippen molar-refractivity contribution in [3.05, 3.63) is 12.2 Å². The van der Waals surface area contributed by atoms with E-state index in [1.165, 1.54) is 77.0 Å². The lowest BCUT2D eigenvalue weighted by molar-refractivity contribution is -0.151. The average Bonchev–Trinajstić information content (AvgIpc) is 3.28. The summed E-state index contributed by atoms with van der Waals surface area (Å²) in [5, 5.41) is 0. The maximum Gasteiger partial charge on any atom is 0.410 e. The largest absolute Gasteiger partial charge is 0.462 e. The Balaban J connectivity index is 4.95. The van der Waals surface area contributed by atoms with Crippen molar-refractivity contribution in [1.29, 1.82) is 0 Å². The predicted molar refractivity (Wildman–Crippen MR) is 278 cm³/mol. The Labute approximate surface area is 404 Å². The van der Waals surface area contributed by atoms with E-state index in [0.29, 0.717) is 25.9 Å². The highest BCUT2D eigenvalue weighted by Crippen LogP contribution is 2.21. The molecule has 1 amide bonds. The Hall–Kier alpha value is -2.09. The molecular formula is C57H110N2O6. The summed E-state index contributed by atoms with van der Waals surface area (Å²) in [6.45, 7) is 13.4. The molecule has 0 aliphatic carbocycles. The Morgan fingerprint density at radius 3 is 1.08 bits per heavy atom. The van der Waals surface area contributed by atoms with Crippen molar-refractivity contribution in [3.63, 3.8) is 0 Å². The van der Waals surface area contributed by atoms with Crippen LogP contribution in [0.15, 0.2) is 12.2 Å². The molecule has 0 heterocycles. The fraction of sp³-hybridized carbons (Fsp3) is 0.912. The van der Waals surface area contributed by atoms with Crippen LogP contribution < -0.4 is 0 Å². The van der Waals surface area contributed by atoms with Crippen molar-refractivity contribution < 1.29 is 28.6 Å². The third-order valence-electron chi connectivity index (χ3n) is 13.0. The number of nitrogens with zero attached hydrogens (tertiary/aromatic N) is 2. The molecule has 0 bridgehead atoms. The zero-order chi connectivity index (χ0) is 47.9. The number of esters is 2. The van der Waals surface area contributed by atoms with Crippen LogP contribution in [0.5, 0.6) is 0 Å². The van der Waals surface area contributed by atoms with E-state index in [4.69, 9.17) is 14.2 Å². The van der Waals surface area contributed by atoms with E-state index in [9.17, 15) is 14.4 Å². The number of allylic oxidation sites excluding steroid dienone is 1. The maximum absolute atomic E-state index is 13.7. The van der Waals surface area contributed by atoms with Crippen molar-refractivity contribution in [3.8, 4) is 0 Å². The fourth-order valence-corrected chi connectivity index (χ4v) is 8.77. The third-order valence-corrected chi connectivity index (χ3v) is 13.0. The quantitative estimate of drug-likeness (QED) is 0.0260. The van der Waals surface area contributed by atoms with Gasteiger partial charge in [-0.25, -0.2) is 4.79 Å². The van der Waals surface area contributed by atoms with Gasteiger partial charge in [-0.05, 0) is 130 Å². The summed E-state index contributed by atoms with van der Waals surface area (Å²) in [6, 6.07) is 0. The Morgan fingerprint density at radius 1 is 0.385 bits per heavy atom. The lowest BCUT2D eigenvalue weighted by Crippen LogP contribution is -2.37. The topological polar surface area (TPSA) is 85.4 Å². The molecule has 0 aromatic rings. The lowest BCUT2D eigenvalue weighted by Gasteiger charge is -2.26. The molecule has 0 saturated heterocycles. The lowest BCUT2D eigenvalue weighted by atomic mass is 10.0. The zero-order valence-corrected chi connectivity index (χ0v) is 44.4. The molecule has 0 rings (SSSR count). The van der Waals surface area contributed by atoms with Crippen LogP contribution in [-0.2, 0) is 23.8 Å². The summed E-state index contributed by atoms with van der Waals surface area (Å²) < 4.78 is 18.3. The average molecular weight is 920 g/mol. The second-order valence-electron chi connectivity index (χ2n) is 19.8. The minimum atomic E-state index is -0.161. The van der Waals surface area contributed by atoms with Gasteiger partial charge in [0, 0.05) is 25.9 Å². The Morgan fingerprint density at radius 2 is 0.723 bits per heavy atom. The molecule has 0 radical (unpaired) electrons. The van der Waals surface area contributed by atoms with Crippen molar-refractivity contribution >= 4 is 18.0 Å². The van der Waals surface area contributed by atoms with Crippen LogP contribution in [0.2, 0.25) is 0 Å². The van der Waals surface area contributed by atoms with Crippen molar-refractivity contribution in [1.82, 2.24) is 9.80 Å². The number of amides is 1. The van der Waals surface area contributed by atoms with Gasteiger partial charge in [0.2, 0.25) is 0 Å². The van der Waals surface area contributed by atoms with Gasteiger partial charge in [0.05, 0.1) is 0 Å². The minimum absolute atomic E-state index is 0.00668. The van der Waals surface area contributed by atoms with Crippen LogP contribution in [0.4, 0.5) is 4.79 Å². The van der Waals surface area contributed by atoms with Crippen LogP contribution in [0.3, 0.4) is 0 Å². The second-order valence-corrected chi connectivity index (χ2v) is 19.8. The molecule has 8 heteroatoms. The summed E-state index contributed by atoms with van der Waals surface area (Å²) in [6.07, 6.45) is 46.3. The highest BCUT2D eigenvalue weighted by atomic mass is 16.6. The number of hydrogen-bond acceptors (Lipinski definition) is 7. The number of carbonyl (C=O) groups excluding carboxylic acids is 3. The summed E-state index contributed by atoms with van der Waals surface area (Å²) in [5.41, 5.74) is 0. The standard InChI is InChI=1S/C57H110N2O6/c1-8-13-18-31-41-52(42-32-19-14-9-2)63-55(60)47-37-29-25-23-27-35-45-54(65-57(62)59(50-39-22-17-12-5)51-40-49-58(6)7)46-36-28-24-26-30-38-48-56(61)64-53(43-33-20-15-10-3)44-34-21-16-11-4/h17,22,52-54H,8-16,18-21,23-51H2,1-7H3/b22-17-. The Bertz CT molecular complexity index is 1000. The molecule has 0 aliphatic heterocycles. The van der Waals surface area contributed by atoms with Gasteiger partial charge in [0.1, 0.15) is 18.3 Å². The van der Waals surface area contributed by atoms with Gasteiger partial charge in [-0.1, -0.05) is 175 Å². The molecule has 0 fully saturated rings. The molecule has 0 spiro atoms. The first-order valence-electron chi connectivity index (χ1n) is 28.3. The number of unbranched alkanes of at least 4 members (excludes halogenated alkanes) is 22. The van der Waals surface area contributed by atoms with E-state index in [0.717, 1.165) is 167 Å². The van der Waals surface area contributed by atoms with E-state index >= 15 is 0 Å². The van der Waals surface area contributed by atoms with Crippen LogP contribution in [0, 0.1) is 0 Å². The predicted octanol–water partition coefficient (Wildman–Crippen LogP) is 17.0. The first kappa shape index (κ1) is 62.9. The zero-order valence-electron chi connectivity index (χ0n) is 44.4. The van der Waals surface area contributed by atoms with Gasteiger partial charge in [-0.3, -0.25) is 9.59 Å². The third kappa shape index (κ3) is 43.0. The van der Waals surface area contributed by atoms with Crippen LogP contribution >= 0.6 is 0 Å². The summed E-state index contributed by atoms with van der Waals surface area (Å²) in [7, 11) is 4.16. The normalized spacial score (nSPS) is 11.8. The van der Waals surface area contributed by atoms with E-state index in [-0.39, 0.29) is 36.3 Å². The summed E-state index contributed by atoms with van der Waals surface area (Å²) in [4.78, 5) is 43.3.